The Bertz CT molecular complexity index is 875. The molecule has 0 saturated heterocycles. The molecule has 0 unspecified atom stereocenters. The van der Waals surface area contributed by atoms with Crippen molar-refractivity contribution in [3.8, 4) is 0 Å². The van der Waals surface area contributed by atoms with Crippen LogP contribution < -0.4 is 59.1 Å². The predicted octanol–water partition coefficient (Wildman–Crippen LogP) is -4.83. The van der Waals surface area contributed by atoms with E-state index in [1.165, 1.54) is 24.3 Å². The van der Waals surface area contributed by atoms with Crippen molar-refractivity contribution in [2.75, 3.05) is 0 Å². The van der Waals surface area contributed by atoms with Gasteiger partial charge in [-0.2, -0.15) is 24.3 Å². The third kappa shape index (κ3) is 3.29. The van der Waals surface area contributed by atoms with Crippen molar-refractivity contribution in [3.05, 3.63) is 64.7 Å². The van der Waals surface area contributed by atoms with E-state index in [1.807, 2.05) is 0 Å². The van der Waals surface area contributed by atoms with Gasteiger partial charge in [0.25, 0.3) is 0 Å². The quantitative estimate of drug-likeness (QED) is 0.253. The number of hydrogen-bond acceptors (Lipinski definition) is 5. The topological polar surface area (TPSA) is 91.3 Å². The van der Waals surface area contributed by atoms with Gasteiger partial charge in [0.15, 0.2) is 5.78 Å². The Morgan fingerprint density at radius 2 is 1.45 bits per heavy atom. The molecule has 5 nitrogen and oxygen atoms in total. The minimum atomic E-state index is -4.67. The maximum atomic E-state index is 12.3. The zero-order chi connectivity index (χ0) is 14.5. The molecule has 0 N–H and O–H groups in total. The summed E-state index contributed by atoms with van der Waals surface area (Å²) in [6, 6.07) is 10.2. The van der Waals surface area contributed by atoms with Crippen LogP contribution in [0.2, 0.25) is 0 Å². The second kappa shape index (κ2) is 7.07. The maximum Gasteiger partial charge on any atom is 1.00 e. The molecule has 0 saturated carbocycles. The molecule has 2 aromatic carbocycles. The fourth-order valence-electron chi connectivity index (χ4n) is 2.17. The van der Waals surface area contributed by atoms with Crippen molar-refractivity contribution in [2.24, 2.45) is 0 Å². The van der Waals surface area contributed by atoms with Gasteiger partial charge in [-0.1, -0.05) is 17.2 Å². The Labute approximate surface area is 171 Å². The van der Waals surface area contributed by atoms with Crippen LogP contribution in [-0.2, 0) is 10.1 Å². The van der Waals surface area contributed by atoms with Gasteiger partial charge >= 0.3 is 59.1 Å². The first-order valence-electron chi connectivity index (χ1n) is 5.59. The van der Waals surface area contributed by atoms with Crippen LogP contribution in [-0.4, -0.2) is 24.5 Å². The van der Waals surface area contributed by atoms with Crippen LogP contribution in [0, 0.1) is 6.07 Å². The molecule has 0 amide bonds. The summed E-state index contributed by atoms with van der Waals surface area (Å²) >= 11 is 0. The fourth-order valence-corrected chi connectivity index (χ4v) is 2.67. The van der Waals surface area contributed by atoms with E-state index in [4.69, 9.17) is 0 Å². The van der Waals surface area contributed by atoms with Gasteiger partial charge in [0.05, 0.1) is 4.90 Å². The summed E-state index contributed by atoms with van der Waals surface area (Å²) in [6.07, 6.45) is 0. The van der Waals surface area contributed by atoms with Crippen molar-refractivity contribution in [1.82, 2.24) is 0 Å². The second-order valence-corrected chi connectivity index (χ2v) is 5.67. The summed E-state index contributed by atoms with van der Waals surface area (Å²) in [4.78, 5) is 24.0. The van der Waals surface area contributed by atoms with E-state index < -0.39 is 20.8 Å². The molecule has 1 aliphatic rings. The van der Waals surface area contributed by atoms with Crippen LogP contribution in [0.15, 0.2) is 41.3 Å². The first-order chi connectivity index (χ1) is 9.39. The minimum absolute atomic E-state index is 0. The summed E-state index contributed by atoms with van der Waals surface area (Å²) in [7, 11) is -4.67. The van der Waals surface area contributed by atoms with E-state index in [9.17, 15) is 22.6 Å². The van der Waals surface area contributed by atoms with Gasteiger partial charge in [0, 0.05) is 11.1 Å². The average molecular weight is 332 g/mol. The number of hydrogen-bond donors (Lipinski definition) is 0. The van der Waals surface area contributed by atoms with E-state index in [0.717, 1.165) is 12.1 Å². The SMILES string of the molecule is O=C1c2c[c-]ccc2C(=O)c2cc(S(=O)(=O)[O-])ccc21.[Na+].[Na+]. The summed E-state index contributed by atoms with van der Waals surface area (Å²) < 4.78 is 33.0. The van der Waals surface area contributed by atoms with Crippen LogP contribution in [0.3, 0.4) is 0 Å². The van der Waals surface area contributed by atoms with Crippen molar-refractivity contribution in [1.29, 1.82) is 0 Å². The Morgan fingerprint density at radius 3 is 2.09 bits per heavy atom. The number of fused-ring (bicyclic) bond motifs is 2. The van der Waals surface area contributed by atoms with Gasteiger partial charge < -0.3 is 9.35 Å². The average Bonchev–Trinajstić information content (AvgIpc) is 2.43. The second-order valence-electron chi connectivity index (χ2n) is 4.29. The van der Waals surface area contributed by atoms with Gasteiger partial charge in [-0.25, -0.2) is 8.42 Å². The van der Waals surface area contributed by atoms with E-state index in [0.29, 0.717) is 0 Å². The summed E-state index contributed by atoms with van der Waals surface area (Å²) in [5.74, 6) is -0.865. The Balaban J connectivity index is 0.00000121. The minimum Gasteiger partial charge on any atom is -0.744 e. The van der Waals surface area contributed by atoms with E-state index >= 15 is 0 Å². The fraction of sp³-hybridized carbons (Fsp3) is 0. The molecule has 0 radical (unpaired) electrons. The molecule has 0 aliphatic heterocycles. The Morgan fingerprint density at radius 1 is 0.864 bits per heavy atom. The van der Waals surface area contributed by atoms with Crippen LogP contribution in [0.4, 0.5) is 0 Å². The molecular formula is C14H6Na2O5S. The summed E-state index contributed by atoms with van der Waals surface area (Å²) in [5, 5.41) is 0. The number of carbonyl (C=O) groups is 2. The molecule has 0 heterocycles. The van der Waals surface area contributed by atoms with Crippen molar-refractivity contribution in [2.45, 2.75) is 4.90 Å². The molecule has 1 aliphatic carbocycles. The zero-order valence-electron chi connectivity index (χ0n) is 11.9. The maximum absolute atomic E-state index is 12.3. The van der Waals surface area contributed by atoms with Gasteiger partial charge in [-0.05, 0) is 12.1 Å². The smallest absolute Gasteiger partial charge is 0.744 e. The molecule has 0 spiro atoms. The van der Waals surface area contributed by atoms with Crippen molar-refractivity contribution >= 4 is 21.7 Å². The van der Waals surface area contributed by atoms with Crippen molar-refractivity contribution in [3.63, 3.8) is 0 Å². The largest absolute Gasteiger partial charge is 1.00 e. The zero-order valence-corrected chi connectivity index (χ0v) is 16.7. The number of carbonyl (C=O) groups excluding carboxylic acids is 2. The van der Waals surface area contributed by atoms with Gasteiger partial charge in [0.1, 0.15) is 15.9 Å². The van der Waals surface area contributed by atoms with E-state index in [-0.39, 0.29) is 87.2 Å². The number of ketones is 2. The first kappa shape index (κ1) is 19.7. The third-order valence-corrected chi connectivity index (χ3v) is 3.95. The molecular weight excluding hydrogens is 326 g/mol. The molecule has 0 atom stereocenters. The Hall–Kier alpha value is -0.310. The van der Waals surface area contributed by atoms with Gasteiger partial charge in [0.2, 0.25) is 0 Å². The summed E-state index contributed by atoms with van der Waals surface area (Å²) in [5.41, 5.74) is 0.435. The molecule has 2 aromatic rings. The standard InChI is InChI=1S/C14H7O5S.2Na/c15-13-9-3-1-2-4-10(9)14(16)12-7-8(20(17,18)19)5-6-11(12)13;;/h2-7H,(H,17,18,19);;/q-1;2*+1/p-1. The predicted molar refractivity (Wildman–Crippen MR) is 66.5 cm³/mol. The molecule has 8 heteroatoms. The van der Waals surface area contributed by atoms with Crippen molar-refractivity contribution < 1.29 is 81.7 Å². The Kier molecular flexibility index (Phi) is 6.34. The van der Waals surface area contributed by atoms with E-state index in [2.05, 4.69) is 6.07 Å². The molecule has 0 bridgehead atoms. The van der Waals surface area contributed by atoms with Gasteiger partial charge in [-0.3, -0.25) is 4.79 Å². The van der Waals surface area contributed by atoms with Gasteiger partial charge in [-0.15, -0.1) is 0 Å². The van der Waals surface area contributed by atoms with Crippen LogP contribution in [0.25, 0.3) is 0 Å². The summed E-state index contributed by atoms with van der Waals surface area (Å²) in [6.45, 7) is 0. The number of rotatable bonds is 1. The van der Waals surface area contributed by atoms with E-state index in [1.54, 1.807) is 0 Å². The molecule has 22 heavy (non-hydrogen) atoms. The molecule has 3 rings (SSSR count). The first-order valence-corrected chi connectivity index (χ1v) is 7.00. The molecule has 0 fully saturated rings. The molecule has 100 valence electrons. The van der Waals surface area contributed by atoms with Crippen LogP contribution in [0.5, 0.6) is 0 Å². The molecule has 0 aromatic heterocycles. The normalized spacial score (nSPS) is 12.6. The monoisotopic (exact) mass is 332 g/mol. The number of benzene rings is 2. The third-order valence-electron chi connectivity index (χ3n) is 3.12. The van der Waals surface area contributed by atoms with Crippen LogP contribution in [0.1, 0.15) is 31.8 Å². The van der Waals surface area contributed by atoms with Crippen LogP contribution >= 0.6 is 0 Å².